The van der Waals surface area contributed by atoms with Crippen LogP contribution in [-0.2, 0) is 36.1 Å². The van der Waals surface area contributed by atoms with E-state index in [4.69, 9.17) is 5.11 Å². The van der Waals surface area contributed by atoms with Gasteiger partial charge < -0.3 is 10.4 Å². The number of aryl methyl sites for hydroxylation is 2. The number of pyridine rings is 1. The van der Waals surface area contributed by atoms with Crippen LogP contribution in [0.15, 0.2) is 71.9 Å². The number of aliphatic carboxylic acids is 1. The molecule has 0 saturated heterocycles. The second-order valence-corrected chi connectivity index (χ2v) is 13.8. The van der Waals surface area contributed by atoms with Gasteiger partial charge in [0, 0.05) is 24.9 Å². The molecule has 232 valence electrons. The highest BCUT2D eigenvalue weighted by Gasteiger charge is 2.40. The van der Waals surface area contributed by atoms with Crippen molar-refractivity contribution in [3.05, 3.63) is 83.7 Å². The van der Waals surface area contributed by atoms with Crippen LogP contribution in [0.25, 0.3) is 11.1 Å². The molecule has 2 aromatic carbocycles. The normalized spacial score (nSPS) is 13.4. The smallest absolute Gasteiger partial charge is 0.318 e. The lowest BCUT2D eigenvalue weighted by atomic mass is 9.97. The van der Waals surface area contributed by atoms with Crippen molar-refractivity contribution in [2.24, 2.45) is 0 Å². The molecule has 1 amide bonds. The summed E-state index contributed by atoms with van der Waals surface area (Å²) in [5, 5.41) is 11.6. The van der Waals surface area contributed by atoms with Crippen molar-refractivity contribution in [1.29, 1.82) is 0 Å². The molecule has 2 atom stereocenters. The molecule has 11 nitrogen and oxygen atoms in total. The fourth-order valence-corrected chi connectivity index (χ4v) is 7.98. The van der Waals surface area contributed by atoms with E-state index in [2.05, 4.69) is 10.3 Å². The quantitative estimate of drug-likeness (QED) is 0.215. The number of carboxylic acid groups (broad SMARTS) is 1. The highest BCUT2D eigenvalue weighted by Crippen LogP contribution is 2.33. The monoisotopic (exact) mass is 630 g/mol. The fraction of sp³-hybridized carbons (Fsp3) is 0.367. The molecule has 0 aliphatic rings. The lowest BCUT2D eigenvalue weighted by Crippen LogP contribution is -2.56. The van der Waals surface area contributed by atoms with Crippen LogP contribution in [0.5, 0.6) is 0 Å². The summed E-state index contributed by atoms with van der Waals surface area (Å²) < 4.78 is 57.9. The molecule has 0 bridgehead atoms. The van der Waals surface area contributed by atoms with E-state index >= 15 is 0 Å². The van der Waals surface area contributed by atoms with E-state index < -0.39 is 56.4 Å². The van der Waals surface area contributed by atoms with Crippen molar-refractivity contribution >= 4 is 31.9 Å². The molecule has 43 heavy (non-hydrogen) atoms. The second-order valence-electron chi connectivity index (χ2n) is 10.1. The third-order valence-corrected chi connectivity index (χ3v) is 10.4. The SMILES string of the molecule is CCCC(=O)N[C@H](CS(=O)(=O)NCC(=O)O)N([C@@H](C)c1cccc(-c2ccncc2CC)c1)S(=O)(=O)c1ccccc1C. The molecular formula is C30H38N4O7S2. The van der Waals surface area contributed by atoms with E-state index in [1.165, 1.54) is 6.07 Å². The molecule has 1 aromatic heterocycles. The Hall–Kier alpha value is -3.65. The Morgan fingerprint density at radius 3 is 2.40 bits per heavy atom. The average molecular weight is 631 g/mol. The highest BCUT2D eigenvalue weighted by atomic mass is 32.2. The zero-order valence-corrected chi connectivity index (χ0v) is 26.3. The van der Waals surface area contributed by atoms with Gasteiger partial charge in [-0.1, -0.05) is 50.2 Å². The lowest BCUT2D eigenvalue weighted by molar-refractivity contribution is -0.135. The summed E-state index contributed by atoms with van der Waals surface area (Å²) in [4.78, 5) is 28.1. The summed E-state index contributed by atoms with van der Waals surface area (Å²) in [5.41, 5.74) is 3.73. The first-order valence-electron chi connectivity index (χ1n) is 13.9. The first-order chi connectivity index (χ1) is 20.3. The van der Waals surface area contributed by atoms with E-state index in [0.717, 1.165) is 27.4 Å². The number of aromatic nitrogens is 1. The lowest BCUT2D eigenvalue weighted by Gasteiger charge is -2.36. The molecule has 3 rings (SSSR count). The van der Waals surface area contributed by atoms with E-state index in [1.807, 2.05) is 29.8 Å². The van der Waals surface area contributed by atoms with Crippen LogP contribution in [0.3, 0.4) is 0 Å². The number of hydrogen-bond acceptors (Lipinski definition) is 7. The first-order valence-corrected chi connectivity index (χ1v) is 17.0. The molecule has 0 fully saturated rings. The van der Waals surface area contributed by atoms with Gasteiger partial charge in [0.05, 0.1) is 10.6 Å². The number of carbonyl (C=O) groups excluding carboxylic acids is 1. The molecule has 3 N–H and O–H groups in total. The number of nitrogens with zero attached hydrogens (tertiary/aromatic N) is 2. The summed E-state index contributed by atoms with van der Waals surface area (Å²) >= 11 is 0. The van der Waals surface area contributed by atoms with Crippen LogP contribution in [0, 0.1) is 6.92 Å². The summed E-state index contributed by atoms with van der Waals surface area (Å²) in [5.74, 6) is -2.86. The first kappa shape index (κ1) is 33.8. The van der Waals surface area contributed by atoms with Gasteiger partial charge in [-0.2, -0.15) is 4.31 Å². The second kappa shape index (κ2) is 14.7. The van der Waals surface area contributed by atoms with Crippen molar-refractivity contribution in [1.82, 2.24) is 19.3 Å². The summed E-state index contributed by atoms with van der Waals surface area (Å²) in [6.07, 6.45) is 3.08. The third-order valence-electron chi connectivity index (χ3n) is 6.93. The van der Waals surface area contributed by atoms with Crippen molar-refractivity contribution in [2.75, 3.05) is 12.3 Å². The predicted octanol–water partition coefficient (Wildman–Crippen LogP) is 3.62. The van der Waals surface area contributed by atoms with Crippen LogP contribution in [0.1, 0.15) is 56.3 Å². The number of hydrogen-bond donors (Lipinski definition) is 3. The molecular weight excluding hydrogens is 592 g/mol. The van der Waals surface area contributed by atoms with Gasteiger partial charge in [-0.3, -0.25) is 14.6 Å². The van der Waals surface area contributed by atoms with Gasteiger partial charge in [-0.05, 0) is 72.7 Å². The van der Waals surface area contributed by atoms with Crippen LogP contribution in [0.2, 0.25) is 0 Å². The summed E-state index contributed by atoms with van der Waals surface area (Å²) in [6.45, 7) is 6.12. The molecule has 13 heteroatoms. The minimum atomic E-state index is -4.43. The van der Waals surface area contributed by atoms with E-state index in [1.54, 1.807) is 63.5 Å². The molecule has 0 radical (unpaired) electrons. The maximum atomic E-state index is 14.4. The fourth-order valence-electron chi connectivity index (χ4n) is 4.81. The Labute approximate surface area is 253 Å². The van der Waals surface area contributed by atoms with Crippen molar-refractivity contribution in [3.8, 4) is 11.1 Å². The van der Waals surface area contributed by atoms with Gasteiger partial charge in [0.15, 0.2) is 0 Å². The Kier molecular flexibility index (Phi) is 11.6. The third kappa shape index (κ3) is 8.69. The molecule has 3 aromatic rings. The predicted molar refractivity (Wildman–Crippen MR) is 164 cm³/mol. The summed E-state index contributed by atoms with van der Waals surface area (Å²) in [6, 6.07) is 14.5. The molecule has 0 saturated carbocycles. The van der Waals surface area contributed by atoms with Gasteiger partial charge in [0.25, 0.3) is 0 Å². The van der Waals surface area contributed by atoms with Crippen LogP contribution >= 0.6 is 0 Å². The minimum Gasteiger partial charge on any atom is -0.480 e. The average Bonchev–Trinajstić information content (AvgIpc) is 2.96. The Balaban J connectivity index is 2.22. The molecule has 1 heterocycles. The van der Waals surface area contributed by atoms with Gasteiger partial charge in [0.2, 0.25) is 26.0 Å². The zero-order chi connectivity index (χ0) is 31.8. The number of carboxylic acids is 1. The number of nitrogens with one attached hydrogen (secondary N) is 2. The van der Waals surface area contributed by atoms with Crippen molar-refractivity contribution < 1.29 is 31.5 Å². The Bertz CT molecular complexity index is 1660. The highest BCUT2D eigenvalue weighted by molar-refractivity contribution is 7.90. The molecule has 0 unspecified atom stereocenters. The molecule has 0 aliphatic carbocycles. The number of amides is 1. The number of carbonyl (C=O) groups is 2. The maximum Gasteiger partial charge on any atom is 0.318 e. The van der Waals surface area contributed by atoms with Gasteiger partial charge >= 0.3 is 5.97 Å². The standard InChI is InChI=1S/C30H38N4O7S2/c1-5-10-29(35)33-28(20-42(38,39)32-19-30(36)37)34(43(40,41)27-14-8-7-11-21(27)3)22(4)24-12-9-13-25(17-24)26-15-16-31-18-23(26)6-2/h7-9,11-18,22,28,32H,5-6,10,19-20H2,1-4H3,(H,33,35)(H,36,37)/t22-,28-/m0/s1. The van der Waals surface area contributed by atoms with E-state index in [9.17, 15) is 26.4 Å². The van der Waals surface area contributed by atoms with Crippen molar-refractivity contribution in [2.45, 2.75) is 64.1 Å². The Morgan fingerprint density at radius 2 is 1.74 bits per heavy atom. The largest absolute Gasteiger partial charge is 0.480 e. The maximum absolute atomic E-state index is 14.4. The van der Waals surface area contributed by atoms with Crippen molar-refractivity contribution in [3.63, 3.8) is 0 Å². The van der Waals surface area contributed by atoms with Gasteiger partial charge in [-0.15, -0.1) is 0 Å². The van der Waals surface area contributed by atoms with E-state index in [0.29, 0.717) is 17.5 Å². The Morgan fingerprint density at radius 1 is 1.02 bits per heavy atom. The van der Waals surface area contributed by atoms with Crippen LogP contribution in [-0.4, -0.2) is 61.6 Å². The number of sulfonamides is 2. The topological polar surface area (TPSA) is 163 Å². The van der Waals surface area contributed by atoms with Crippen LogP contribution in [0.4, 0.5) is 0 Å². The van der Waals surface area contributed by atoms with Gasteiger partial charge in [-0.25, -0.2) is 21.6 Å². The molecule has 0 aliphatic heterocycles. The number of rotatable bonds is 15. The number of benzene rings is 2. The molecule has 0 spiro atoms. The summed E-state index contributed by atoms with van der Waals surface area (Å²) in [7, 11) is -8.80. The van der Waals surface area contributed by atoms with Crippen LogP contribution < -0.4 is 10.0 Å². The van der Waals surface area contributed by atoms with Gasteiger partial charge in [0.1, 0.15) is 12.7 Å². The van der Waals surface area contributed by atoms with E-state index in [-0.39, 0.29) is 11.3 Å². The minimum absolute atomic E-state index is 0.0308. The zero-order valence-electron chi connectivity index (χ0n) is 24.6.